The standard InChI is InChI=1S/C74H74BN3OS/c1-69(2)32-33-70(3,4)53-38-47(30-31-52(53)69)77-61-39-48(76(45-22-15-13-16-23-45)46-24-17-14-18-25-46)40-62-65(61)75(68-66(77)51-41-54-57(44-64(51)80-68)74(11,12)37-34-71(54,5)6)58-42-55-56(73(9,10)36-35-72(55,7)8)43-60(58)78(62)59-28-21-27-50-49-26-19-20-29-63(49)79-67(50)59/h13-31,38-44H,32-37H2,1-12H3. The van der Waals surface area contributed by atoms with Gasteiger partial charge in [-0.3, -0.25) is 0 Å². The number of hydrogen-bond donors (Lipinski definition) is 0. The number of benzene rings is 8. The molecular weight excluding hydrogens is 990 g/mol. The summed E-state index contributed by atoms with van der Waals surface area (Å²) < 4.78 is 9.97. The van der Waals surface area contributed by atoms with E-state index < -0.39 is 0 Å². The van der Waals surface area contributed by atoms with Crippen molar-refractivity contribution < 1.29 is 4.42 Å². The van der Waals surface area contributed by atoms with Crippen LogP contribution in [0.1, 0.15) is 155 Å². The van der Waals surface area contributed by atoms with Crippen LogP contribution >= 0.6 is 11.3 Å². The van der Waals surface area contributed by atoms with Gasteiger partial charge >= 0.3 is 0 Å². The second-order valence-electron chi connectivity index (χ2n) is 28.5. The number of hydrogen-bond acceptors (Lipinski definition) is 5. The second-order valence-corrected chi connectivity index (χ2v) is 29.5. The van der Waals surface area contributed by atoms with Gasteiger partial charge in [0.2, 0.25) is 0 Å². The first-order chi connectivity index (χ1) is 38.1. The van der Waals surface area contributed by atoms with Crippen LogP contribution in [-0.4, -0.2) is 6.71 Å². The fourth-order valence-corrected chi connectivity index (χ4v) is 16.8. The third kappa shape index (κ3) is 7.18. The smallest absolute Gasteiger partial charge is 0.264 e. The molecule has 0 atom stereocenters. The number of furan rings is 1. The number of para-hydroxylation sites is 4. The average molecular weight is 1060 g/mol. The van der Waals surface area contributed by atoms with E-state index in [0.717, 1.165) is 70.4 Å². The molecule has 4 heterocycles. The molecular formula is C74H74BN3OS. The molecule has 2 aromatic heterocycles. The lowest BCUT2D eigenvalue weighted by molar-refractivity contribution is 0.332. The molecule has 10 aromatic rings. The maximum absolute atomic E-state index is 7.16. The van der Waals surface area contributed by atoms with Crippen molar-refractivity contribution >= 4 is 117 Å². The Bertz CT molecular complexity index is 4190. The van der Waals surface area contributed by atoms with Gasteiger partial charge in [-0.25, -0.2) is 0 Å². The van der Waals surface area contributed by atoms with Crippen molar-refractivity contribution in [2.24, 2.45) is 0 Å². The molecule has 0 N–H and O–H groups in total. The summed E-state index contributed by atoms with van der Waals surface area (Å²) in [5, 5.41) is 3.63. The number of thiophene rings is 1. The molecule has 0 radical (unpaired) electrons. The summed E-state index contributed by atoms with van der Waals surface area (Å²) in [6.07, 6.45) is 6.92. The zero-order valence-corrected chi connectivity index (χ0v) is 49.8. The summed E-state index contributed by atoms with van der Waals surface area (Å²) in [6, 6.07) is 60.8. The van der Waals surface area contributed by atoms with Gasteiger partial charge in [0.15, 0.2) is 5.58 Å². The van der Waals surface area contributed by atoms with E-state index in [-0.39, 0.29) is 39.2 Å². The van der Waals surface area contributed by atoms with Crippen molar-refractivity contribution in [2.45, 2.75) is 154 Å². The monoisotopic (exact) mass is 1060 g/mol. The van der Waals surface area contributed by atoms with Gasteiger partial charge in [0.05, 0.1) is 17.1 Å². The van der Waals surface area contributed by atoms with E-state index in [0.29, 0.717) is 0 Å². The van der Waals surface area contributed by atoms with Crippen LogP contribution in [0, 0.1) is 0 Å². The highest BCUT2D eigenvalue weighted by Gasteiger charge is 2.50. The fraction of sp³-hybridized carbons (Fsp3) is 0.324. The van der Waals surface area contributed by atoms with Crippen LogP contribution in [-0.2, 0) is 32.5 Å². The topological polar surface area (TPSA) is 22.9 Å². The lowest BCUT2D eigenvalue weighted by Crippen LogP contribution is -2.61. The number of anilines is 9. The molecule has 0 bridgehead atoms. The summed E-state index contributed by atoms with van der Waals surface area (Å²) in [4.78, 5) is 7.88. The molecule has 0 fully saturated rings. The number of nitrogens with zero attached hydrogens (tertiary/aromatic N) is 3. The first kappa shape index (κ1) is 50.0. The summed E-state index contributed by atoms with van der Waals surface area (Å²) in [6.45, 7) is 29.7. The van der Waals surface area contributed by atoms with E-state index in [1.165, 1.54) is 100 Å². The predicted octanol–water partition coefficient (Wildman–Crippen LogP) is 19.4. The van der Waals surface area contributed by atoms with Crippen LogP contribution in [0.5, 0.6) is 0 Å². The molecule has 15 rings (SSSR count). The SMILES string of the molecule is CC1(C)CCC(C)(C)c2cc(N3c4cc(N(c5ccccc5)c5ccccc5)cc5c4B(c4cc6c(cc4N5c4cccc5c4oc4ccccc45)C(C)(C)CCC6(C)C)c4sc5cc6c(cc5c43)C(C)(C)CCC6(C)C)ccc21. The molecule has 4 nitrogen and oxygen atoms in total. The first-order valence-electron chi connectivity index (χ1n) is 29.7. The Morgan fingerprint density at radius 3 is 1.55 bits per heavy atom. The summed E-state index contributed by atoms with van der Waals surface area (Å²) in [5.41, 5.74) is 24.2. The summed E-state index contributed by atoms with van der Waals surface area (Å²) >= 11 is 2.06. The van der Waals surface area contributed by atoms with E-state index in [1.54, 1.807) is 0 Å². The van der Waals surface area contributed by atoms with E-state index in [9.17, 15) is 0 Å². The van der Waals surface area contributed by atoms with Crippen molar-refractivity contribution in [3.63, 3.8) is 0 Å². The van der Waals surface area contributed by atoms with Crippen molar-refractivity contribution in [1.29, 1.82) is 0 Å². The quantitative estimate of drug-likeness (QED) is 0.160. The van der Waals surface area contributed by atoms with Gasteiger partial charge in [0.25, 0.3) is 6.71 Å². The highest BCUT2D eigenvalue weighted by atomic mass is 32.1. The van der Waals surface area contributed by atoms with E-state index in [2.05, 4.69) is 267 Å². The second kappa shape index (κ2) is 16.8. The van der Waals surface area contributed by atoms with E-state index in [4.69, 9.17) is 4.42 Å². The Morgan fingerprint density at radius 2 is 0.925 bits per heavy atom. The third-order valence-electron chi connectivity index (χ3n) is 20.6. The molecule has 0 saturated heterocycles. The van der Waals surface area contributed by atoms with Gasteiger partial charge in [-0.1, -0.05) is 162 Å². The normalized spacial score (nSPS) is 19.2. The largest absolute Gasteiger partial charge is 0.454 e. The van der Waals surface area contributed by atoms with Gasteiger partial charge in [-0.2, -0.15) is 0 Å². The first-order valence-corrected chi connectivity index (χ1v) is 30.5. The minimum atomic E-state index is -0.0575. The minimum Gasteiger partial charge on any atom is -0.454 e. The Balaban J connectivity index is 1.13. The molecule has 0 spiro atoms. The Morgan fingerprint density at radius 1 is 0.412 bits per heavy atom. The lowest BCUT2D eigenvalue weighted by Gasteiger charge is -2.47. The fourth-order valence-electron chi connectivity index (χ4n) is 15.5. The zero-order valence-electron chi connectivity index (χ0n) is 49.0. The van der Waals surface area contributed by atoms with Crippen molar-refractivity contribution in [3.8, 4) is 0 Å². The molecule has 80 heavy (non-hydrogen) atoms. The van der Waals surface area contributed by atoms with Gasteiger partial charge in [0.1, 0.15) is 5.58 Å². The van der Waals surface area contributed by atoms with Crippen LogP contribution in [0.4, 0.5) is 51.2 Å². The molecule has 0 saturated carbocycles. The Labute approximate surface area is 478 Å². The molecule has 6 heteroatoms. The summed E-state index contributed by atoms with van der Waals surface area (Å²) in [7, 11) is 0. The average Bonchev–Trinajstić information content (AvgIpc) is 4.18. The van der Waals surface area contributed by atoms with Gasteiger partial charge in [0, 0.05) is 59.8 Å². The molecule has 5 aliphatic rings. The molecule has 0 unspecified atom stereocenters. The van der Waals surface area contributed by atoms with Crippen LogP contribution in [0.2, 0.25) is 0 Å². The lowest BCUT2D eigenvalue weighted by atomic mass is 9.35. The van der Waals surface area contributed by atoms with Crippen LogP contribution < -0.4 is 30.4 Å². The van der Waals surface area contributed by atoms with Crippen molar-refractivity contribution in [1.82, 2.24) is 0 Å². The molecule has 0 amide bonds. The van der Waals surface area contributed by atoms with E-state index >= 15 is 0 Å². The van der Waals surface area contributed by atoms with Crippen molar-refractivity contribution in [2.75, 3.05) is 14.7 Å². The number of fused-ring (bicyclic) bond motifs is 12. The van der Waals surface area contributed by atoms with Crippen molar-refractivity contribution in [3.05, 3.63) is 191 Å². The van der Waals surface area contributed by atoms with Crippen LogP contribution in [0.3, 0.4) is 0 Å². The van der Waals surface area contributed by atoms with Gasteiger partial charge < -0.3 is 19.1 Å². The predicted molar refractivity (Wildman–Crippen MR) is 344 cm³/mol. The highest BCUT2D eigenvalue weighted by Crippen LogP contribution is 2.57. The third-order valence-corrected chi connectivity index (χ3v) is 21.8. The van der Waals surface area contributed by atoms with Crippen LogP contribution in [0.15, 0.2) is 162 Å². The minimum absolute atomic E-state index is 0.00673. The highest BCUT2D eigenvalue weighted by molar-refractivity contribution is 7.33. The zero-order chi connectivity index (χ0) is 55.2. The summed E-state index contributed by atoms with van der Waals surface area (Å²) in [5.74, 6) is 0. The van der Waals surface area contributed by atoms with Gasteiger partial charge in [-0.05, 0) is 194 Å². The van der Waals surface area contributed by atoms with Crippen LogP contribution in [0.25, 0.3) is 32.0 Å². The van der Waals surface area contributed by atoms with Gasteiger partial charge in [-0.15, -0.1) is 11.3 Å². The maximum atomic E-state index is 7.16. The molecule has 8 aromatic carbocycles. The number of rotatable bonds is 5. The Hall–Kier alpha value is -7.02. The molecule has 400 valence electrons. The maximum Gasteiger partial charge on any atom is 0.264 e. The van der Waals surface area contributed by atoms with E-state index in [1.807, 2.05) is 0 Å². The Kier molecular flexibility index (Phi) is 10.5. The molecule has 3 aliphatic carbocycles. The molecule has 2 aliphatic heterocycles.